The van der Waals surface area contributed by atoms with Crippen molar-refractivity contribution in [3.63, 3.8) is 0 Å². The van der Waals surface area contributed by atoms with Gasteiger partial charge in [-0.3, -0.25) is 0 Å². The molecule has 3 aromatic rings. The topological polar surface area (TPSA) is 69.9 Å². The lowest BCUT2D eigenvalue weighted by molar-refractivity contribution is 0.380. The third-order valence-electron chi connectivity index (χ3n) is 3.08. The molecule has 0 saturated heterocycles. The van der Waals surface area contributed by atoms with Crippen molar-refractivity contribution in [2.24, 2.45) is 5.73 Å². The first-order valence-electron chi connectivity index (χ1n) is 6.05. The molecule has 0 bridgehead atoms. The van der Waals surface area contributed by atoms with Gasteiger partial charge in [-0.05, 0) is 25.1 Å². The quantitative estimate of drug-likeness (QED) is 0.805. The minimum absolute atomic E-state index is 0.253. The minimum Gasteiger partial charge on any atom is -0.338 e. The standard InChI is InChI=1S/C13H13BrN4O/c1-2-18-10-5-3-4-9(14)8(10)6-11(18)13-16-12(7-15)19-17-13/h3-6H,2,7,15H2,1H3. The van der Waals surface area contributed by atoms with E-state index in [1.807, 2.05) is 12.1 Å². The minimum atomic E-state index is 0.253. The Kier molecular flexibility index (Phi) is 3.12. The van der Waals surface area contributed by atoms with E-state index in [1.165, 1.54) is 0 Å². The zero-order chi connectivity index (χ0) is 13.4. The highest BCUT2D eigenvalue weighted by molar-refractivity contribution is 9.10. The van der Waals surface area contributed by atoms with Crippen molar-refractivity contribution in [3.05, 3.63) is 34.6 Å². The largest absolute Gasteiger partial charge is 0.338 e. The third kappa shape index (κ3) is 1.97. The number of nitrogens with two attached hydrogens (primary N) is 1. The van der Waals surface area contributed by atoms with Crippen molar-refractivity contribution in [1.82, 2.24) is 14.7 Å². The molecule has 2 aromatic heterocycles. The number of rotatable bonds is 3. The monoisotopic (exact) mass is 320 g/mol. The van der Waals surface area contributed by atoms with Crippen LogP contribution in [-0.2, 0) is 13.1 Å². The summed E-state index contributed by atoms with van der Waals surface area (Å²) in [6, 6.07) is 8.18. The SMILES string of the molecule is CCn1c(-c2noc(CN)n2)cc2c(Br)cccc21. The maximum atomic E-state index is 5.50. The van der Waals surface area contributed by atoms with E-state index < -0.39 is 0 Å². The van der Waals surface area contributed by atoms with Gasteiger partial charge in [-0.2, -0.15) is 4.98 Å². The molecule has 0 fully saturated rings. The molecule has 2 heterocycles. The molecule has 6 heteroatoms. The Hall–Kier alpha value is -1.66. The molecule has 19 heavy (non-hydrogen) atoms. The highest BCUT2D eigenvalue weighted by Crippen LogP contribution is 2.31. The van der Waals surface area contributed by atoms with Gasteiger partial charge in [0.2, 0.25) is 11.7 Å². The van der Waals surface area contributed by atoms with Crippen LogP contribution in [0.2, 0.25) is 0 Å². The van der Waals surface area contributed by atoms with Crippen molar-refractivity contribution in [3.8, 4) is 11.5 Å². The molecule has 0 aliphatic rings. The molecule has 2 N–H and O–H groups in total. The van der Waals surface area contributed by atoms with Gasteiger partial charge < -0.3 is 14.8 Å². The molecule has 0 unspecified atom stereocenters. The molecule has 0 spiro atoms. The van der Waals surface area contributed by atoms with Gasteiger partial charge in [0.1, 0.15) is 0 Å². The molecule has 0 amide bonds. The van der Waals surface area contributed by atoms with Gasteiger partial charge in [-0.25, -0.2) is 0 Å². The molecular formula is C13H13BrN4O. The second-order valence-electron chi connectivity index (χ2n) is 4.16. The van der Waals surface area contributed by atoms with Gasteiger partial charge >= 0.3 is 0 Å². The summed E-state index contributed by atoms with van der Waals surface area (Å²) in [6.45, 7) is 3.18. The summed E-state index contributed by atoms with van der Waals surface area (Å²) in [5.41, 5.74) is 7.58. The van der Waals surface area contributed by atoms with Crippen LogP contribution in [0.15, 0.2) is 33.3 Å². The molecule has 0 aliphatic heterocycles. The molecule has 1 aromatic carbocycles. The molecule has 0 radical (unpaired) electrons. The van der Waals surface area contributed by atoms with Gasteiger partial charge in [0.05, 0.1) is 12.2 Å². The number of fused-ring (bicyclic) bond motifs is 1. The van der Waals surface area contributed by atoms with Crippen LogP contribution in [0.1, 0.15) is 12.8 Å². The first-order valence-corrected chi connectivity index (χ1v) is 6.84. The van der Waals surface area contributed by atoms with Gasteiger partial charge in [-0.1, -0.05) is 27.2 Å². The van der Waals surface area contributed by atoms with Crippen molar-refractivity contribution in [1.29, 1.82) is 0 Å². The molecule has 0 aliphatic carbocycles. The lowest BCUT2D eigenvalue weighted by Crippen LogP contribution is -1.99. The number of aryl methyl sites for hydroxylation is 1. The van der Waals surface area contributed by atoms with Crippen LogP contribution in [-0.4, -0.2) is 14.7 Å². The van der Waals surface area contributed by atoms with E-state index in [9.17, 15) is 0 Å². The number of benzene rings is 1. The molecule has 0 atom stereocenters. The predicted molar refractivity (Wildman–Crippen MR) is 76.5 cm³/mol. The highest BCUT2D eigenvalue weighted by Gasteiger charge is 2.15. The van der Waals surface area contributed by atoms with E-state index in [1.54, 1.807) is 0 Å². The average molecular weight is 321 g/mol. The summed E-state index contributed by atoms with van der Waals surface area (Å²) in [7, 11) is 0. The number of hydrogen-bond acceptors (Lipinski definition) is 4. The normalized spacial score (nSPS) is 11.3. The molecule has 3 rings (SSSR count). The Balaban J connectivity index is 2.25. The van der Waals surface area contributed by atoms with Crippen LogP contribution < -0.4 is 5.73 Å². The summed E-state index contributed by atoms with van der Waals surface area (Å²) < 4.78 is 8.30. The van der Waals surface area contributed by atoms with Gasteiger partial charge in [0.15, 0.2) is 0 Å². The van der Waals surface area contributed by atoms with E-state index in [-0.39, 0.29) is 6.54 Å². The molecular weight excluding hydrogens is 308 g/mol. The Morgan fingerprint density at radius 3 is 2.95 bits per heavy atom. The zero-order valence-electron chi connectivity index (χ0n) is 10.4. The van der Waals surface area contributed by atoms with E-state index in [4.69, 9.17) is 10.3 Å². The maximum Gasteiger partial charge on any atom is 0.240 e. The summed E-state index contributed by atoms with van der Waals surface area (Å²) in [5.74, 6) is 1.02. The van der Waals surface area contributed by atoms with Gasteiger partial charge in [0, 0.05) is 21.9 Å². The van der Waals surface area contributed by atoms with E-state index in [0.29, 0.717) is 11.7 Å². The first-order chi connectivity index (χ1) is 9.24. The van der Waals surface area contributed by atoms with E-state index >= 15 is 0 Å². The van der Waals surface area contributed by atoms with E-state index in [0.717, 1.165) is 27.6 Å². The fourth-order valence-electron chi connectivity index (χ4n) is 2.22. The first kappa shape index (κ1) is 12.4. The Morgan fingerprint density at radius 2 is 2.26 bits per heavy atom. The van der Waals surface area contributed by atoms with E-state index in [2.05, 4.69) is 49.7 Å². The van der Waals surface area contributed by atoms with Crippen molar-refractivity contribution < 1.29 is 4.52 Å². The van der Waals surface area contributed by atoms with Crippen LogP contribution in [0.25, 0.3) is 22.4 Å². The van der Waals surface area contributed by atoms with Crippen LogP contribution in [0.4, 0.5) is 0 Å². The second kappa shape index (κ2) is 4.79. The van der Waals surface area contributed by atoms with Gasteiger partial charge in [0.25, 0.3) is 0 Å². The predicted octanol–water partition coefficient (Wildman–Crippen LogP) is 2.93. The maximum absolute atomic E-state index is 5.50. The fraction of sp³-hybridized carbons (Fsp3) is 0.231. The van der Waals surface area contributed by atoms with Crippen molar-refractivity contribution in [2.75, 3.05) is 0 Å². The summed E-state index contributed by atoms with van der Waals surface area (Å²) >= 11 is 3.57. The average Bonchev–Trinajstić information content (AvgIpc) is 3.02. The molecule has 0 saturated carbocycles. The number of hydrogen-bond donors (Lipinski definition) is 1. The smallest absolute Gasteiger partial charge is 0.240 e. The lowest BCUT2D eigenvalue weighted by Gasteiger charge is -2.04. The number of aromatic nitrogens is 3. The zero-order valence-corrected chi connectivity index (χ0v) is 12.0. The molecule has 5 nitrogen and oxygen atoms in total. The highest BCUT2D eigenvalue weighted by atomic mass is 79.9. The Morgan fingerprint density at radius 1 is 1.42 bits per heavy atom. The van der Waals surface area contributed by atoms with Crippen molar-refractivity contribution in [2.45, 2.75) is 20.0 Å². The third-order valence-corrected chi connectivity index (χ3v) is 3.77. The Bertz CT molecular complexity index is 731. The summed E-state index contributed by atoms with van der Waals surface area (Å²) in [6.07, 6.45) is 0. The second-order valence-corrected chi connectivity index (χ2v) is 5.02. The van der Waals surface area contributed by atoms with Crippen LogP contribution >= 0.6 is 15.9 Å². The number of nitrogens with zero attached hydrogens (tertiary/aromatic N) is 3. The number of halogens is 1. The Labute approximate surface area is 118 Å². The summed E-state index contributed by atoms with van der Waals surface area (Å²) in [4.78, 5) is 4.29. The van der Waals surface area contributed by atoms with Crippen LogP contribution in [0, 0.1) is 0 Å². The molecule has 98 valence electrons. The summed E-state index contributed by atoms with van der Waals surface area (Å²) in [5, 5.41) is 5.13. The fourth-order valence-corrected chi connectivity index (χ4v) is 2.69. The van der Waals surface area contributed by atoms with Gasteiger partial charge in [-0.15, -0.1) is 0 Å². The van der Waals surface area contributed by atoms with Crippen LogP contribution in [0.3, 0.4) is 0 Å². The van der Waals surface area contributed by atoms with Crippen molar-refractivity contribution >= 4 is 26.8 Å². The van der Waals surface area contributed by atoms with Crippen LogP contribution in [0.5, 0.6) is 0 Å². The lowest BCUT2D eigenvalue weighted by atomic mass is 10.2.